The molecule has 1 fully saturated rings. The normalized spacial score (nSPS) is 15.0. The third-order valence-corrected chi connectivity index (χ3v) is 3.31. The Bertz CT molecular complexity index is 566. The van der Waals surface area contributed by atoms with Gasteiger partial charge in [0, 0.05) is 11.1 Å². The van der Waals surface area contributed by atoms with Crippen LogP contribution in [0.15, 0.2) is 22.6 Å². The van der Waals surface area contributed by atoms with Crippen molar-refractivity contribution in [1.82, 2.24) is 15.5 Å². The second kappa shape index (κ2) is 4.88. The van der Waals surface area contributed by atoms with Crippen molar-refractivity contribution in [1.29, 1.82) is 0 Å². The average molecular weight is 284 g/mol. The first-order valence-electron chi connectivity index (χ1n) is 5.73. The molecule has 94 valence electrons. The van der Waals surface area contributed by atoms with Crippen molar-refractivity contribution in [2.24, 2.45) is 0 Å². The minimum Gasteiger partial charge on any atom is -0.419 e. The summed E-state index contributed by atoms with van der Waals surface area (Å²) in [6.07, 6.45) is 2.45. The monoisotopic (exact) mass is 283 g/mol. The van der Waals surface area contributed by atoms with E-state index in [9.17, 15) is 0 Å². The zero-order valence-corrected chi connectivity index (χ0v) is 11.0. The molecule has 0 spiro atoms. The van der Waals surface area contributed by atoms with Crippen molar-refractivity contribution in [2.75, 3.05) is 0 Å². The zero-order valence-electron chi connectivity index (χ0n) is 9.49. The van der Waals surface area contributed by atoms with E-state index < -0.39 is 0 Å². The molecule has 6 heteroatoms. The lowest BCUT2D eigenvalue weighted by molar-refractivity contribution is 0.476. The topological polar surface area (TPSA) is 51.0 Å². The lowest BCUT2D eigenvalue weighted by Crippen LogP contribution is -2.15. The van der Waals surface area contributed by atoms with E-state index in [1.165, 1.54) is 12.8 Å². The van der Waals surface area contributed by atoms with Crippen LogP contribution in [0.2, 0.25) is 10.0 Å². The minimum absolute atomic E-state index is 0.398. The predicted octanol–water partition coefficient (Wildman–Crippen LogP) is 3.30. The molecule has 0 aliphatic heterocycles. The molecule has 0 amide bonds. The van der Waals surface area contributed by atoms with Crippen LogP contribution in [0.25, 0.3) is 11.5 Å². The number of aromatic nitrogens is 2. The van der Waals surface area contributed by atoms with E-state index in [-0.39, 0.29) is 0 Å². The van der Waals surface area contributed by atoms with Gasteiger partial charge in [0.1, 0.15) is 0 Å². The molecule has 1 heterocycles. The van der Waals surface area contributed by atoms with Gasteiger partial charge in [-0.05, 0) is 31.0 Å². The molecule has 0 bridgehead atoms. The van der Waals surface area contributed by atoms with Crippen LogP contribution in [-0.2, 0) is 6.54 Å². The van der Waals surface area contributed by atoms with Gasteiger partial charge in [-0.2, -0.15) is 0 Å². The molecule has 3 rings (SSSR count). The van der Waals surface area contributed by atoms with Crippen LogP contribution in [0.5, 0.6) is 0 Å². The van der Waals surface area contributed by atoms with Gasteiger partial charge in [0.2, 0.25) is 11.8 Å². The molecular formula is C12H11Cl2N3O. The number of nitrogens with zero attached hydrogens (tertiary/aromatic N) is 2. The number of hydrogen-bond acceptors (Lipinski definition) is 4. The van der Waals surface area contributed by atoms with Gasteiger partial charge in [0.25, 0.3) is 0 Å². The van der Waals surface area contributed by atoms with Crippen molar-refractivity contribution >= 4 is 23.2 Å². The zero-order chi connectivity index (χ0) is 12.5. The van der Waals surface area contributed by atoms with E-state index >= 15 is 0 Å². The maximum Gasteiger partial charge on any atom is 0.249 e. The van der Waals surface area contributed by atoms with Crippen molar-refractivity contribution < 1.29 is 4.42 Å². The Morgan fingerprint density at radius 2 is 2.11 bits per heavy atom. The van der Waals surface area contributed by atoms with E-state index in [1.807, 2.05) is 0 Å². The van der Waals surface area contributed by atoms with E-state index in [4.69, 9.17) is 27.6 Å². The maximum absolute atomic E-state index is 6.08. The number of nitrogens with one attached hydrogen (secondary N) is 1. The highest BCUT2D eigenvalue weighted by atomic mass is 35.5. The highest BCUT2D eigenvalue weighted by Gasteiger charge is 2.21. The number of rotatable bonds is 4. The first-order valence-corrected chi connectivity index (χ1v) is 6.49. The maximum atomic E-state index is 6.08. The van der Waals surface area contributed by atoms with Crippen molar-refractivity contribution in [3.8, 4) is 11.5 Å². The average Bonchev–Trinajstić information content (AvgIpc) is 3.08. The molecule has 18 heavy (non-hydrogen) atoms. The summed E-state index contributed by atoms with van der Waals surface area (Å²) in [5.41, 5.74) is 0.661. The Kier molecular flexibility index (Phi) is 3.24. The molecule has 1 aliphatic carbocycles. The standard InChI is InChI=1S/C12H11Cl2N3O/c13-7-1-4-10(14)9(5-7)12-17-16-11(18-12)6-15-8-2-3-8/h1,4-5,8,15H,2-3,6H2. The summed E-state index contributed by atoms with van der Waals surface area (Å²) in [6, 6.07) is 5.76. The van der Waals surface area contributed by atoms with E-state index in [0.717, 1.165) is 0 Å². The van der Waals surface area contributed by atoms with Crippen LogP contribution in [0.4, 0.5) is 0 Å². The van der Waals surface area contributed by atoms with Crippen LogP contribution in [0.1, 0.15) is 18.7 Å². The van der Waals surface area contributed by atoms with Gasteiger partial charge in [-0.15, -0.1) is 10.2 Å². The molecule has 0 unspecified atom stereocenters. The molecule has 0 atom stereocenters. The summed E-state index contributed by atoms with van der Waals surface area (Å²) >= 11 is 12.0. The Labute approximate surface area is 114 Å². The summed E-state index contributed by atoms with van der Waals surface area (Å²) in [4.78, 5) is 0. The Balaban J connectivity index is 1.80. The largest absolute Gasteiger partial charge is 0.419 e. The van der Waals surface area contributed by atoms with E-state index in [0.29, 0.717) is 40.0 Å². The molecule has 4 nitrogen and oxygen atoms in total. The second-order valence-corrected chi connectivity index (χ2v) is 5.12. The van der Waals surface area contributed by atoms with Gasteiger partial charge in [0.05, 0.1) is 17.1 Å². The van der Waals surface area contributed by atoms with Crippen LogP contribution < -0.4 is 5.32 Å². The fourth-order valence-electron chi connectivity index (χ4n) is 1.61. The van der Waals surface area contributed by atoms with Crippen molar-refractivity contribution in [2.45, 2.75) is 25.4 Å². The van der Waals surface area contributed by atoms with E-state index in [2.05, 4.69) is 15.5 Å². The summed E-state index contributed by atoms with van der Waals surface area (Å²) in [5.74, 6) is 0.961. The highest BCUT2D eigenvalue weighted by Crippen LogP contribution is 2.29. The Morgan fingerprint density at radius 1 is 1.28 bits per heavy atom. The third-order valence-electron chi connectivity index (χ3n) is 2.74. The van der Waals surface area contributed by atoms with Gasteiger partial charge >= 0.3 is 0 Å². The highest BCUT2D eigenvalue weighted by molar-refractivity contribution is 6.35. The number of hydrogen-bond donors (Lipinski definition) is 1. The van der Waals surface area contributed by atoms with Crippen LogP contribution in [-0.4, -0.2) is 16.2 Å². The molecule has 1 aromatic carbocycles. The molecule has 2 aromatic rings. The number of halogens is 2. The SMILES string of the molecule is Clc1ccc(Cl)c(-c2nnc(CNC3CC3)o2)c1. The molecule has 1 N–H and O–H groups in total. The third kappa shape index (κ3) is 2.66. The van der Waals surface area contributed by atoms with Crippen LogP contribution in [0, 0.1) is 0 Å². The molecule has 1 aliphatic rings. The number of benzene rings is 1. The smallest absolute Gasteiger partial charge is 0.249 e. The quantitative estimate of drug-likeness (QED) is 0.936. The fourth-order valence-corrected chi connectivity index (χ4v) is 1.98. The van der Waals surface area contributed by atoms with Gasteiger partial charge in [-0.3, -0.25) is 0 Å². The summed E-state index contributed by atoms with van der Waals surface area (Å²) in [6.45, 7) is 0.593. The Hall–Kier alpha value is -1.10. The van der Waals surface area contributed by atoms with E-state index in [1.54, 1.807) is 18.2 Å². The predicted molar refractivity (Wildman–Crippen MR) is 69.6 cm³/mol. The molecule has 1 aromatic heterocycles. The molecule has 0 radical (unpaired) electrons. The molecular weight excluding hydrogens is 273 g/mol. The first kappa shape index (κ1) is 12.0. The van der Waals surface area contributed by atoms with Crippen LogP contribution >= 0.6 is 23.2 Å². The van der Waals surface area contributed by atoms with Crippen molar-refractivity contribution in [3.05, 3.63) is 34.1 Å². The summed E-state index contributed by atoms with van der Waals surface area (Å²) in [5, 5.41) is 12.4. The lowest BCUT2D eigenvalue weighted by Gasteiger charge is -1.99. The molecule has 0 saturated heterocycles. The van der Waals surface area contributed by atoms with Crippen LogP contribution in [0.3, 0.4) is 0 Å². The van der Waals surface area contributed by atoms with Gasteiger partial charge in [-0.25, -0.2) is 0 Å². The summed E-state index contributed by atoms with van der Waals surface area (Å²) in [7, 11) is 0. The second-order valence-electron chi connectivity index (χ2n) is 4.28. The lowest BCUT2D eigenvalue weighted by atomic mass is 10.2. The molecule has 1 saturated carbocycles. The van der Waals surface area contributed by atoms with Crippen molar-refractivity contribution in [3.63, 3.8) is 0 Å². The fraction of sp³-hybridized carbons (Fsp3) is 0.333. The van der Waals surface area contributed by atoms with Gasteiger partial charge < -0.3 is 9.73 Å². The van der Waals surface area contributed by atoms with Gasteiger partial charge in [0.15, 0.2) is 0 Å². The Morgan fingerprint density at radius 3 is 2.89 bits per heavy atom. The van der Waals surface area contributed by atoms with Gasteiger partial charge in [-0.1, -0.05) is 23.2 Å². The summed E-state index contributed by atoms with van der Waals surface area (Å²) < 4.78 is 5.56. The first-order chi connectivity index (χ1) is 8.72. The minimum atomic E-state index is 0.398.